The van der Waals surface area contributed by atoms with Gasteiger partial charge in [0, 0.05) is 33.8 Å². The van der Waals surface area contributed by atoms with Crippen molar-refractivity contribution in [1.82, 2.24) is 0 Å². The highest BCUT2D eigenvalue weighted by Gasteiger charge is 2.53. The van der Waals surface area contributed by atoms with E-state index in [0.717, 1.165) is 44.7 Å². The van der Waals surface area contributed by atoms with Gasteiger partial charge in [-0.3, -0.25) is 19.2 Å². The molecule has 0 bridgehead atoms. The summed E-state index contributed by atoms with van der Waals surface area (Å²) in [4.78, 5) is 61.7. The molecule has 0 radical (unpaired) electrons. The molecule has 14 heteroatoms. The van der Waals surface area contributed by atoms with E-state index >= 15 is 0 Å². The van der Waals surface area contributed by atoms with Gasteiger partial charge in [0.15, 0.2) is 18.0 Å². The van der Waals surface area contributed by atoms with Crippen molar-refractivity contribution >= 4 is 34.8 Å². The number of rotatable bonds is 16. The second-order valence-electron chi connectivity index (χ2n) is 12.8. The molecular formula is C40H46O14. The van der Waals surface area contributed by atoms with Crippen LogP contribution in [-0.2, 0) is 49.5 Å². The van der Waals surface area contributed by atoms with Gasteiger partial charge in [0.25, 0.3) is 0 Å². The zero-order chi connectivity index (χ0) is 39.4. The molecule has 0 N–H and O–H groups in total. The van der Waals surface area contributed by atoms with Crippen LogP contribution in [0.3, 0.4) is 0 Å². The summed E-state index contributed by atoms with van der Waals surface area (Å²) in [6.45, 7) is 10.4. The summed E-state index contributed by atoms with van der Waals surface area (Å²) < 4.78 is 51.6. The van der Waals surface area contributed by atoms with Gasteiger partial charge in [-0.2, -0.15) is 0 Å². The van der Waals surface area contributed by atoms with E-state index in [1.807, 2.05) is 57.2 Å². The van der Waals surface area contributed by atoms with Gasteiger partial charge in [-0.1, -0.05) is 47.6 Å². The SMILES string of the molecule is CC(=O)OC[C@H]1O[C@@H](Oc2ccc3c(OCc4ccccc4)c(OC/C=C(\C)CCC=C(C)C)c(=O)oc3c2)[C@H](OC(C)=O)[C@@H](OC(C)=O)[C@H]1OC(C)=O. The Morgan fingerprint density at radius 2 is 1.41 bits per heavy atom. The molecule has 0 amide bonds. The van der Waals surface area contributed by atoms with Crippen LogP contribution in [0, 0.1) is 0 Å². The van der Waals surface area contributed by atoms with Crippen LogP contribution in [0.5, 0.6) is 17.2 Å². The van der Waals surface area contributed by atoms with Crippen molar-refractivity contribution < 1.29 is 61.5 Å². The van der Waals surface area contributed by atoms with Crippen LogP contribution in [0.15, 0.2) is 81.0 Å². The van der Waals surface area contributed by atoms with Crippen molar-refractivity contribution in [3.05, 3.63) is 87.8 Å². The van der Waals surface area contributed by atoms with Gasteiger partial charge in [0.2, 0.25) is 18.1 Å². The minimum Gasteiger partial charge on any atom is -0.484 e. The molecule has 5 atom stereocenters. The molecule has 290 valence electrons. The Balaban J connectivity index is 1.71. The minimum absolute atomic E-state index is 0.0620. The maximum absolute atomic E-state index is 13.4. The molecule has 0 spiro atoms. The summed E-state index contributed by atoms with van der Waals surface area (Å²) >= 11 is 0. The van der Waals surface area contributed by atoms with Gasteiger partial charge in [0.1, 0.15) is 37.3 Å². The fraction of sp³-hybridized carbons (Fsp3) is 0.425. The zero-order valence-electron chi connectivity index (χ0n) is 31.4. The Kier molecular flexibility index (Phi) is 14.8. The first-order chi connectivity index (χ1) is 25.7. The first-order valence-electron chi connectivity index (χ1n) is 17.4. The molecule has 1 fully saturated rings. The third-order valence-electron chi connectivity index (χ3n) is 7.97. The van der Waals surface area contributed by atoms with E-state index in [1.54, 1.807) is 6.07 Å². The molecule has 1 saturated heterocycles. The lowest BCUT2D eigenvalue weighted by Gasteiger charge is -2.43. The number of carbonyl (C=O) groups excluding carboxylic acids is 4. The third kappa shape index (κ3) is 12.0. The molecular weight excluding hydrogens is 704 g/mol. The van der Waals surface area contributed by atoms with Crippen LogP contribution < -0.4 is 19.8 Å². The maximum atomic E-state index is 13.4. The lowest BCUT2D eigenvalue weighted by atomic mass is 9.98. The number of fused-ring (bicyclic) bond motifs is 1. The van der Waals surface area contributed by atoms with Crippen molar-refractivity contribution in [1.29, 1.82) is 0 Å². The summed E-state index contributed by atoms with van der Waals surface area (Å²) in [5, 5.41) is 0.388. The van der Waals surface area contributed by atoms with E-state index in [-0.39, 0.29) is 36.0 Å². The van der Waals surface area contributed by atoms with Crippen LogP contribution in [0.25, 0.3) is 11.0 Å². The maximum Gasteiger partial charge on any atom is 0.383 e. The second kappa shape index (κ2) is 19.4. The van der Waals surface area contributed by atoms with Crippen molar-refractivity contribution in [2.24, 2.45) is 0 Å². The van der Waals surface area contributed by atoms with E-state index < -0.39 is 66.8 Å². The number of allylic oxidation sites excluding steroid dienone is 3. The lowest BCUT2D eigenvalue weighted by molar-refractivity contribution is -0.288. The quantitative estimate of drug-likeness (QED) is 0.0732. The molecule has 54 heavy (non-hydrogen) atoms. The Hall–Kier alpha value is -5.63. The highest BCUT2D eigenvalue weighted by atomic mass is 16.7. The lowest BCUT2D eigenvalue weighted by Crippen LogP contribution is -2.63. The highest BCUT2D eigenvalue weighted by molar-refractivity contribution is 5.86. The Morgan fingerprint density at radius 1 is 0.741 bits per heavy atom. The standard InChI is InChI=1S/C40H46O14/c1-23(2)12-11-13-24(3)18-19-46-37-34(48-21-29-14-9-8-10-15-29)31-17-16-30(20-32(31)53-39(37)45)52-40-38(51-28(7)44)36(50-27(6)43)35(49-26(5)42)33(54-40)22-47-25(4)41/h8-10,12,14-18,20,33,35-36,38,40H,11,13,19,21-22H2,1-7H3/b24-18+/t33-,35+,36+,38-,40-/m1/s1. The number of ether oxygens (including phenoxy) is 8. The predicted molar refractivity (Wildman–Crippen MR) is 194 cm³/mol. The average Bonchev–Trinajstić information content (AvgIpc) is 3.09. The monoisotopic (exact) mass is 750 g/mol. The number of hydrogen-bond acceptors (Lipinski definition) is 14. The predicted octanol–water partition coefficient (Wildman–Crippen LogP) is 5.91. The van der Waals surface area contributed by atoms with Crippen LogP contribution in [-0.4, -0.2) is 67.8 Å². The summed E-state index contributed by atoms with van der Waals surface area (Å²) in [5.41, 5.74) is 2.44. The number of carbonyl (C=O) groups is 4. The van der Waals surface area contributed by atoms with E-state index in [4.69, 9.17) is 42.3 Å². The number of benzene rings is 2. The molecule has 4 rings (SSSR count). The summed E-state index contributed by atoms with van der Waals surface area (Å²) in [7, 11) is 0. The van der Waals surface area contributed by atoms with Gasteiger partial charge in [-0.25, -0.2) is 4.79 Å². The smallest absolute Gasteiger partial charge is 0.383 e. The first-order valence-corrected chi connectivity index (χ1v) is 17.4. The van der Waals surface area contributed by atoms with E-state index in [1.165, 1.54) is 24.6 Å². The zero-order valence-corrected chi connectivity index (χ0v) is 31.4. The van der Waals surface area contributed by atoms with Crippen molar-refractivity contribution in [3.63, 3.8) is 0 Å². The van der Waals surface area contributed by atoms with E-state index in [2.05, 4.69) is 6.08 Å². The van der Waals surface area contributed by atoms with Gasteiger partial charge in [0.05, 0.1) is 5.39 Å². The molecule has 0 aliphatic carbocycles. The van der Waals surface area contributed by atoms with Crippen LogP contribution in [0.1, 0.15) is 66.9 Å². The van der Waals surface area contributed by atoms with Crippen molar-refractivity contribution in [2.75, 3.05) is 13.2 Å². The summed E-state index contributed by atoms with van der Waals surface area (Å²) in [6.07, 6.45) is -1.21. The third-order valence-corrected chi connectivity index (χ3v) is 7.97. The normalized spacial score (nSPS) is 19.6. The molecule has 0 unspecified atom stereocenters. The summed E-state index contributed by atoms with van der Waals surface area (Å²) in [6, 6.07) is 13.9. The minimum atomic E-state index is -1.50. The molecule has 1 aliphatic heterocycles. The Morgan fingerprint density at radius 3 is 2.06 bits per heavy atom. The number of hydrogen-bond donors (Lipinski definition) is 0. The van der Waals surface area contributed by atoms with Crippen LogP contribution in [0.2, 0.25) is 0 Å². The van der Waals surface area contributed by atoms with Gasteiger partial charge < -0.3 is 42.3 Å². The topological polar surface area (TPSA) is 172 Å². The fourth-order valence-electron chi connectivity index (χ4n) is 5.58. The molecule has 3 aromatic rings. The highest BCUT2D eigenvalue weighted by Crippen LogP contribution is 2.37. The van der Waals surface area contributed by atoms with Crippen LogP contribution >= 0.6 is 0 Å². The molecule has 1 aromatic heterocycles. The summed E-state index contributed by atoms with van der Waals surface area (Å²) in [5.74, 6) is -2.89. The number of esters is 4. The fourth-order valence-corrected chi connectivity index (χ4v) is 5.58. The van der Waals surface area contributed by atoms with Crippen molar-refractivity contribution in [2.45, 2.75) is 98.6 Å². The Labute approximate surface area is 312 Å². The molecule has 14 nitrogen and oxygen atoms in total. The second-order valence-corrected chi connectivity index (χ2v) is 12.8. The molecule has 2 heterocycles. The van der Waals surface area contributed by atoms with Crippen molar-refractivity contribution in [3.8, 4) is 17.2 Å². The van der Waals surface area contributed by atoms with Gasteiger partial charge >= 0.3 is 29.5 Å². The Bertz CT molecular complexity index is 1910. The molecule has 0 saturated carbocycles. The molecule has 1 aliphatic rings. The average molecular weight is 751 g/mol. The van der Waals surface area contributed by atoms with Crippen LogP contribution in [0.4, 0.5) is 0 Å². The first kappa shape index (κ1) is 41.1. The van der Waals surface area contributed by atoms with E-state index in [9.17, 15) is 24.0 Å². The molecule has 2 aromatic carbocycles. The van der Waals surface area contributed by atoms with Gasteiger partial charge in [-0.15, -0.1) is 0 Å². The van der Waals surface area contributed by atoms with Gasteiger partial charge in [-0.05, 0) is 57.4 Å². The largest absolute Gasteiger partial charge is 0.484 e. The van der Waals surface area contributed by atoms with E-state index in [0.29, 0.717) is 5.39 Å².